The normalized spacial score (nSPS) is 10.7. The standard InChI is InChI=1S/C14H26N4/c1-5-8-9-18(4)14-12(10-15)11(6-2)13(7-3)16-17-14/h5-10,15H2,1-4H3. The molecular weight excluding hydrogens is 224 g/mol. The van der Waals surface area contributed by atoms with Crippen molar-refractivity contribution in [3.8, 4) is 0 Å². The molecule has 0 fully saturated rings. The van der Waals surface area contributed by atoms with Gasteiger partial charge in [-0.1, -0.05) is 27.2 Å². The van der Waals surface area contributed by atoms with Gasteiger partial charge < -0.3 is 10.6 Å². The average molecular weight is 250 g/mol. The minimum Gasteiger partial charge on any atom is -0.358 e. The van der Waals surface area contributed by atoms with E-state index in [-0.39, 0.29) is 0 Å². The van der Waals surface area contributed by atoms with Crippen molar-refractivity contribution in [2.75, 3.05) is 18.5 Å². The van der Waals surface area contributed by atoms with Gasteiger partial charge in [-0.25, -0.2) is 0 Å². The van der Waals surface area contributed by atoms with E-state index in [2.05, 4.69) is 42.9 Å². The third kappa shape index (κ3) is 3.19. The molecule has 0 unspecified atom stereocenters. The first-order valence-electron chi connectivity index (χ1n) is 6.97. The summed E-state index contributed by atoms with van der Waals surface area (Å²) in [6, 6.07) is 0. The second kappa shape index (κ2) is 7.31. The lowest BCUT2D eigenvalue weighted by atomic mass is 10.0. The van der Waals surface area contributed by atoms with E-state index in [0.717, 1.165) is 30.9 Å². The lowest BCUT2D eigenvalue weighted by Crippen LogP contribution is -2.24. The third-order valence-electron chi connectivity index (χ3n) is 3.35. The van der Waals surface area contributed by atoms with Gasteiger partial charge in [-0.3, -0.25) is 0 Å². The number of unbranched alkanes of at least 4 members (excludes halogenated alkanes) is 1. The first-order chi connectivity index (χ1) is 8.69. The summed E-state index contributed by atoms with van der Waals surface area (Å²) in [4.78, 5) is 2.18. The highest BCUT2D eigenvalue weighted by atomic mass is 15.2. The highest BCUT2D eigenvalue weighted by Gasteiger charge is 2.15. The Kier molecular flexibility index (Phi) is 6.05. The largest absolute Gasteiger partial charge is 0.358 e. The Morgan fingerprint density at radius 1 is 1.06 bits per heavy atom. The molecule has 0 aliphatic heterocycles. The summed E-state index contributed by atoms with van der Waals surface area (Å²) in [5, 5.41) is 8.74. The second-order valence-electron chi connectivity index (χ2n) is 4.61. The molecule has 0 aliphatic carbocycles. The van der Waals surface area contributed by atoms with Gasteiger partial charge in [0.25, 0.3) is 0 Å². The van der Waals surface area contributed by atoms with Crippen molar-refractivity contribution in [1.82, 2.24) is 10.2 Å². The number of hydrogen-bond donors (Lipinski definition) is 1. The second-order valence-corrected chi connectivity index (χ2v) is 4.61. The van der Waals surface area contributed by atoms with E-state index >= 15 is 0 Å². The Morgan fingerprint density at radius 2 is 1.78 bits per heavy atom. The summed E-state index contributed by atoms with van der Waals surface area (Å²) in [5.74, 6) is 0.958. The van der Waals surface area contributed by atoms with Crippen LogP contribution in [0.15, 0.2) is 0 Å². The van der Waals surface area contributed by atoms with Gasteiger partial charge in [-0.2, -0.15) is 5.10 Å². The number of nitrogens with zero attached hydrogens (tertiary/aromatic N) is 3. The summed E-state index contributed by atoms with van der Waals surface area (Å²) in [7, 11) is 2.07. The van der Waals surface area contributed by atoms with Crippen molar-refractivity contribution >= 4 is 5.82 Å². The lowest BCUT2D eigenvalue weighted by Gasteiger charge is -2.22. The summed E-state index contributed by atoms with van der Waals surface area (Å²) in [6.07, 6.45) is 4.24. The first kappa shape index (κ1) is 14.9. The van der Waals surface area contributed by atoms with Crippen LogP contribution in [0.1, 0.15) is 50.4 Å². The van der Waals surface area contributed by atoms with Gasteiger partial charge in [-0.15, -0.1) is 5.10 Å². The van der Waals surface area contributed by atoms with E-state index in [0.29, 0.717) is 6.54 Å². The van der Waals surface area contributed by atoms with Crippen molar-refractivity contribution in [1.29, 1.82) is 0 Å². The van der Waals surface area contributed by atoms with Crippen LogP contribution in [0, 0.1) is 0 Å². The molecule has 0 bridgehead atoms. The highest BCUT2D eigenvalue weighted by molar-refractivity contribution is 5.50. The Labute approximate surface area is 111 Å². The predicted molar refractivity (Wildman–Crippen MR) is 76.9 cm³/mol. The van der Waals surface area contributed by atoms with E-state index in [1.807, 2.05) is 0 Å². The SMILES string of the molecule is CCCCN(C)c1nnc(CC)c(CC)c1CN. The molecule has 0 aromatic carbocycles. The van der Waals surface area contributed by atoms with Gasteiger partial charge in [0.15, 0.2) is 5.82 Å². The zero-order chi connectivity index (χ0) is 13.5. The Bertz CT molecular complexity index is 376. The smallest absolute Gasteiger partial charge is 0.155 e. The minimum absolute atomic E-state index is 0.539. The number of aromatic nitrogens is 2. The van der Waals surface area contributed by atoms with E-state index in [4.69, 9.17) is 5.73 Å². The molecular formula is C14H26N4. The fraction of sp³-hybridized carbons (Fsp3) is 0.714. The predicted octanol–water partition coefficient (Wildman–Crippen LogP) is 2.30. The molecule has 0 radical (unpaired) electrons. The molecule has 102 valence electrons. The van der Waals surface area contributed by atoms with Crippen LogP contribution < -0.4 is 10.6 Å². The highest BCUT2D eigenvalue weighted by Crippen LogP contribution is 2.23. The summed E-state index contributed by atoms with van der Waals surface area (Å²) >= 11 is 0. The van der Waals surface area contributed by atoms with Crippen molar-refractivity contribution in [3.05, 3.63) is 16.8 Å². The Morgan fingerprint density at radius 3 is 2.28 bits per heavy atom. The molecule has 0 spiro atoms. The molecule has 0 amide bonds. The maximum atomic E-state index is 5.92. The fourth-order valence-electron chi connectivity index (χ4n) is 2.26. The van der Waals surface area contributed by atoms with Gasteiger partial charge in [0, 0.05) is 25.7 Å². The molecule has 0 aliphatic rings. The zero-order valence-electron chi connectivity index (χ0n) is 12.2. The average Bonchev–Trinajstić information content (AvgIpc) is 2.42. The van der Waals surface area contributed by atoms with E-state index in [1.54, 1.807) is 0 Å². The molecule has 1 heterocycles. The van der Waals surface area contributed by atoms with Crippen LogP contribution in [-0.2, 0) is 19.4 Å². The molecule has 0 saturated heterocycles. The monoisotopic (exact) mass is 250 g/mol. The number of rotatable bonds is 7. The maximum absolute atomic E-state index is 5.92. The van der Waals surface area contributed by atoms with Gasteiger partial charge in [0.05, 0.1) is 5.69 Å². The van der Waals surface area contributed by atoms with Crippen molar-refractivity contribution < 1.29 is 0 Å². The summed E-state index contributed by atoms with van der Waals surface area (Å²) in [5.41, 5.74) is 9.47. The molecule has 1 rings (SSSR count). The lowest BCUT2D eigenvalue weighted by molar-refractivity contribution is 0.736. The van der Waals surface area contributed by atoms with E-state index in [9.17, 15) is 0 Å². The van der Waals surface area contributed by atoms with Crippen molar-refractivity contribution in [2.45, 2.75) is 53.0 Å². The van der Waals surface area contributed by atoms with Crippen LogP contribution in [-0.4, -0.2) is 23.8 Å². The molecule has 0 saturated carbocycles. The third-order valence-corrected chi connectivity index (χ3v) is 3.35. The van der Waals surface area contributed by atoms with Crippen LogP contribution in [0.25, 0.3) is 0 Å². The molecule has 2 N–H and O–H groups in total. The van der Waals surface area contributed by atoms with Crippen LogP contribution >= 0.6 is 0 Å². The number of anilines is 1. The quantitative estimate of drug-likeness (QED) is 0.806. The summed E-state index contributed by atoms with van der Waals surface area (Å²) < 4.78 is 0. The van der Waals surface area contributed by atoms with Gasteiger partial charge in [0.2, 0.25) is 0 Å². The van der Waals surface area contributed by atoms with Crippen molar-refractivity contribution in [3.63, 3.8) is 0 Å². The maximum Gasteiger partial charge on any atom is 0.155 e. The zero-order valence-corrected chi connectivity index (χ0v) is 12.2. The fourth-order valence-corrected chi connectivity index (χ4v) is 2.26. The molecule has 4 nitrogen and oxygen atoms in total. The molecule has 0 atom stereocenters. The molecule has 1 aromatic rings. The molecule has 1 aromatic heterocycles. The van der Waals surface area contributed by atoms with Crippen LogP contribution in [0.5, 0.6) is 0 Å². The van der Waals surface area contributed by atoms with Crippen LogP contribution in [0.3, 0.4) is 0 Å². The van der Waals surface area contributed by atoms with E-state index < -0.39 is 0 Å². The molecule has 4 heteroatoms. The Balaban J connectivity index is 3.11. The van der Waals surface area contributed by atoms with Crippen LogP contribution in [0.4, 0.5) is 5.82 Å². The van der Waals surface area contributed by atoms with Gasteiger partial charge >= 0.3 is 0 Å². The Hall–Kier alpha value is -1.16. The topological polar surface area (TPSA) is 55.0 Å². The first-order valence-corrected chi connectivity index (χ1v) is 6.97. The van der Waals surface area contributed by atoms with Crippen LogP contribution in [0.2, 0.25) is 0 Å². The van der Waals surface area contributed by atoms with Crippen molar-refractivity contribution in [2.24, 2.45) is 5.73 Å². The number of nitrogens with two attached hydrogens (primary N) is 1. The van der Waals surface area contributed by atoms with E-state index in [1.165, 1.54) is 24.0 Å². The number of hydrogen-bond acceptors (Lipinski definition) is 4. The van der Waals surface area contributed by atoms with Gasteiger partial charge in [0.1, 0.15) is 0 Å². The minimum atomic E-state index is 0.539. The molecule has 18 heavy (non-hydrogen) atoms. The van der Waals surface area contributed by atoms with Gasteiger partial charge in [-0.05, 0) is 24.8 Å². The number of aryl methyl sites for hydroxylation is 1. The summed E-state index contributed by atoms with van der Waals surface area (Å²) in [6.45, 7) is 8.01.